The van der Waals surface area contributed by atoms with E-state index in [4.69, 9.17) is 9.47 Å². The lowest BCUT2D eigenvalue weighted by Gasteiger charge is -2.32. The minimum atomic E-state index is -0.431. The summed E-state index contributed by atoms with van der Waals surface area (Å²) < 4.78 is 10.8. The standard InChI is InChI=1S/C34H45NO5/c1-8-12-32(37)39-27-18-20-29(30(23-27)40-33(38)13-9-2)35-31(36)22-25(4)15-10-14-24(3)17-19-28-26(5)16-11-21-34(28,6)7/h10,14-15,17-20,22-23H,8-9,11-13,16,21H2,1-7H3,(H,35,36). The molecule has 1 aliphatic carbocycles. The number of allylic oxidation sites excluding steroid dienone is 9. The minimum absolute atomic E-state index is 0.132. The van der Waals surface area contributed by atoms with Crippen molar-refractivity contribution in [2.45, 2.75) is 93.4 Å². The van der Waals surface area contributed by atoms with E-state index in [9.17, 15) is 14.4 Å². The summed E-state index contributed by atoms with van der Waals surface area (Å²) in [7, 11) is 0. The Morgan fingerprint density at radius 2 is 1.65 bits per heavy atom. The number of amides is 1. The topological polar surface area (TPSA) is 81.7 Å². The lowest BCUT2D eigenvalue weighted by Crippen LogP contribution is -2.19. The molecule has 6 heteroatoms. The van der Waals surface area contributed by atoms with Crippen LogP contribution in [0.2, 0.25) is 0 Å². The molecule has 0 saturated carbocycles. The van der Waals surface area contributed by atoms with Crippen molar-refractivity contribution in [1.29, 1.82) is 0 Å². The second-order valence-corrected chi connectivity index (χ2v) is 11.0. The molecule has 0 fully saturated rings. The summed E-state index contributed by atoms with van der Waals surface area (Å²) >= 11 is 0. The van der Waals surface area contributed by atoms with Crippen molar-refractivity contribution in [1.82, 2.24) is 0 Å². The van der Waals surface area contributed by atoms with Gasteiger partial charge in [-0.1, -0.05) is 69.2 Å². The zero-order valence-corrected chi connectivity index (χ0v) is 25.2. The van der Waals surface area contributed by atoms with E-state index >= 15 is 0 Å². The van der Waals surface area contributed by atoms with Gasteiger partial charge >= 0.3 is 11.9 Å². The van der Waals surface area contributed by atoms with E-state index in [2.05, 4.69) is 45.2 Å². The molecule has 0 radical (unpaired) electrons. The quantitative estimate of drug-likeness (QED) is 0.123. The maximum Gasteiger partial charge on any atom is 0.311 e. The summed E-state index contributed by atoms with van der Waals surface area (Å²) in [5.41, 5.74) is 5.29. The van der Waals surface area contributed by atoms with Crippen molar-refractivity contribution in [2.75, 3.05) is 5.32 Å². The molecule has 1 aromatic carbocycles. The van der Waals surface area contributed by atoms with E-state index in [0.29, 0.717) is 18.5 Å². The van der Waals surface area contributed by atoms with Gasteiger partial charge in [0.1, 0.15) is 5.75 Å². The lowest BCUT2D eigenvalue weighted by atomic mass is 9.72. The van der Waals surface area contributed by atoms with Gasteiger partial charge in [0, 0.05) is 25.0 Å². The van der Waals surface area contributed by atoms with Crippen LogP contribution >= 0.6 is 0 Å². The Bertz CT molecular complexity index is 1230. The van der Waals surface area contributed by atoms with Crippen LogP contribution in [0.25, 0.3) is 0 Å². The molecule has 1 aliphatic rings. The third-order valence-electron chi connectivity index (χ3n) is 6.71. The molecule has 0 saturated heterocycles. The number of nitrogens with one attached hydrogen (secondary N) is 1. The third-order valence-corrected chi connectivity index (χ3v) is 6.71. The van der Waals surface area contributed by atoms with Crippen LogP contribution in [-0.4, -0.2) is 17.8 Å². The molecule has 6 nitrogen and oxygen atoms in total. The van der Waals surface area contributed by atoms with Gasteiger partial charge in [0.05, 0.1) is 5.69 Å². The van der Waals surface area contributed by atoms with E-state index in [1.54, 1.807) is 12.1 Å². The highest BCUT2D eigenvalue weighted by Crippen LogP contribution is 2.40. The first kappa shape index (κ1) is 32.5. The molecule has 2 rings (SSSR count). The smallest absolute Gasteiger partial charge is 0.311 e. The molecule has 0 atom stereocenters. The molecular formula is C34H45NO5. The van der Waals surface area contributed by atoms with Crippen LogP contribution in [0, 0.1) is 5.41 Å². The largest absolute Gasteiger partial charge is 0.426 e. The van der Waals surface area contributed by atoms with E-state index in [1.807, 2.05) is 39.0 Å². The van der Waals surface area contributed by atoms with Crippen molar-refractivity contribution in [3.05, 3.63) is 76.9 Å². The number of hydrogen-bond donors (Lipinski definition) is 1. The Morgan fingerprint density at radius 3 is 2.30 bits per heavy atom. The number of carbonyl (C=O) groups excluding carboxylic acids is 3. The highest BCUT2D eigenvalue weighted by molar-refractivity contribution is 6.01. The van der Waals surface area contributed by atoms with Crippen molar-refractivity contribution in [3.63, 3.8) is 0 Å². The first-order chi connectivity index (χ1) is 18.9. The van der Waals surface area contributed by atoms with Gasteiger partial charge in [-0.05, 0) is 81.6 Å². The molecule has 0 heterocycles. The number of esters is 2. The van der Waals surface area contributed by atoms with E-state index < -0.39 is 5.97 Å². The molecule has 1 N–H and O–H groups in total. The first-order valence-corrected chi connectivity index (χ1v) is 14.2. The Balaban J connectivity index is 2.10. The minimum Gasteiger partial charge on any atom is -0.426 e. The normalized spacial score (nSPS) is 16.0. The second-order valence-electron chi connectivity index (χ2n) is 11.0. The summed E-state index contributed by atoms with van der Waals surface area (Å²) in [6.45, 7) is 14.5. The number of benzene rings is 1. The molecule has 0 bridgehead atoms. The van der Waals surface area contributed by atoms with Crippen LogP contribution in [0.3, 0.4) is 0 Å². The Hall–Kier alpha value is -3.67. The second kappa shape index (κ2) is 15.8. The molecule has 0 aliphatic heterocycles. The van der Waals surface area contributed by atoms with Crippen LogP contribution < -0.4 is 14.8 Å². The summed E-state index contributed by atoms with van der Waals surface area (Å²) in [5, 5.41) is 2.76. The van der Waals surface area contributed by atoms with Crippen molar-refractivity contribution in [2.24, 2.45) is 5.41 Å². The molecule has 1 aromatic rings. The van der Waals surface area contributed by atoms with Gasteiger partial charge in [0.15, 0.2) is 5.75 Å². The molecule has 1 amide bonds. The van der Waals surface area contributed by atoms with E-state index in [0.717, 1.165) is 17.6 Å². The Kier molecular flexibility index (Phi) is 12.9. The highest BCUT2D eigenvalue weighted by Gasteiger charge is 2.26. The van der Waals surface area contributed by atoms with E-state index in [1.165, 1.54) is 36.1 Å². The number of carbonyl (C=O) groups is 3. The van der Waals surface area contributed by atoms with Crippen molar-refractivity contribution < 1.29 is 23.9 Å². The first-order valence-electron chi connectivity index (χ1n) is 14.2. The summed E-state index contributed by atoms with van der Waals surface area (Å²) in [6.07, 6.45) is 17.1. The molecule has 0 aromatic heterocycles. The van der Waals surface area contributed by atoms with Crippen LogP contribution in [0.15, 0.2) is 76.9 Å². The summed E-state index contributed by atoms with van der Waals surface area (Å²) in [4.78, 5) is 36.8. The fourth-order valence-corrected chi connectivity index (χ4v) is 4.57. The van der Waals surface area contributed by atoms with Gasteiger partial charge < -0.3 is 14.8 Å². The van der Waals surface area contributed by atoms with Crippen LogP contribution in [0.1, 0.15) is 93.4 Å². The van der Waals surface area contributed by atoms with Crippen molar-refractivity contribution in [3.8, 4) is 11.5 Å². The fourth-order valence-electron chi connectivity index (χ4n) is 4.57. The van der Waals surface area contributed by atoms with Gasteiger partial charge in [-0.25, -0.2) is 0 Å². The number of anilines is 1. The molecule has 0 unspecified atom stereocenters. The SMILES string of the molecule is CCCC(=O)Oc1ccc(NC(=O)C=C(C)C=CC=C(C)C=CC2=C(C)CCCC2(C)C)c(OC(=O)CCC)c1. The zero-order valence-electron chi connectivity index (χ0n) is 25.2. The van der Waals surface area contributed by atoms with Gasteiger partial charge in [0.2, 0.25) is 5.91 Å². The fraction of sp³-hybridized carbons (Fsp3) is 0.441. The monoisotopic (exact) mass is 547 g/mol. The Labute approximate surface area is 239 Å². The number of ether oxygens (including phenoxy) is 2. The molecule has 216 valence electrons. The van der Waals surface area contributed by atoms with Gasteiger partial charge in [-0.15, -0.1) is 0 Å². The Morgan fingerprint density at radius 1 is 0.975 bits per heavy atom. The predicted octanol–water partition coefficient (Wildman–Crippen LogP) is 8.57. The highest BCUT2D eigenvalue weighted by atomic mass is 16.5. The lowest BCUT2D eigenvalue weighted by molar-refractivity contribution is -0.134. The number of rotatable bonds is 12. The zero-order chi connectivity index (χ0) is 29.7. The number of hydrogen-bond acceptors (Lipinski definition) is 5. The third kappa shape index (κ3) is 10.8. The summed E-state index contributed by atoms with van der Waals surface area (Å²) in [6, 6.07) is 4.56. The maximum atomic E-state index is 12.7. The van der Waals surface area contributed by atoms with Crippen LogP contribution in [-0.2, 0) is 14.4 Å². The maximum absolute atomic E-state index is 12.7. The van der Waals surface area contributed by atoms with E-state index in [-0.39, 0.29) is 41.6 Å². The van der Waals surface area contributed by atoms with Crippen molar-refractivity contribution >= 4 is 23.5 Å². The summed E-state index contributed by atoms with van der Waals surface area (Å²) in [5.74, 6) is -0.792. The molecule has 0 spiro atoms. The molecular weight excluding hydrogens is 502 g/mol. The van der Waals surface area contributed by atoms with Gasteiger partial charge in [0.25, 0.3) is 0 Å². The average Bonchev–Trinajstić information content (AvgIpc) is 2.85. The molecule has 40 heavy (non-hydrogen) atoms. The van der Waals surface area contributed by atoms with Gasteiger partial charge in [-0.3, -0.25) is 14.4 Å². The van der Waals surface area contributed by atoms with Crippen LogP contribution in [0.5, 0.6) is 11.5 Å². The average molecular weight is 548 g/mol. The van der Waals surface area contributed by atoms with Crippen LogP contribution in [0.4, 0.5) is 5.69 Å². The predicted molar refractivity (Wildman–Crippen MR) is 162 cm³/mol. The van der Waals surface area contributed by atoms with Gasteiger partial charge in [-0.2, -0.15) is 0 Å².